The molecule has 0 bridgehead atoms. The number of amides is 1. The Kier molecular flexibility index (Phi) is 4.84. The van der Waals surface area contributed by atoms with Gasteiger partial charge in [0.25, 0.3) is 0 Å². The average molecular weight is 319 g/mol. The lowest BCUT2D eigenvalue weighted by molar-refractivity contribution is -0.131. The van der Waals surface area contributed by atoms with Crippen molar-refractivity contribution in [3.63, 3.8) is 0 Å². The van der Waals surface area contributed by atoms with E-state index in [-0.39, 0.29) is 5.91 Å². The maximum Gasteiger partial charge on any atom is 0.227 e. The lowest BCUT2D eigenvalue weighted by atomic mass is 9.96. The Morgan fingerprint density at radius 2 is 2.23 bits per heavy atom. The summed E-state index contributed by atoms with van der Waals surface area (Å²) in [5, 5.41) is 10.1. The van der Waals surface area contributed by atoms with Crippen LogP contribution >= 0.6 is 11.3 Å². The van der Waals surface area contributed by atoms with Crippen LogP contribution in [0.15, 0.2) is 23.7 Å². The molecule has 0 saturated carbocycles. The minimum atomic E-state index is 0.243. The second-order valence-corrected chi connectivity index (χ2v) is 6.75. The van der Waals surface area contributed by atoms with E-state index in [9.17, 15) is 4.79 Å². The Hall–Kier alpha value is -1.73. The van der Waals surface area contributed by atoms with E-state index in [4.69, 9.17) is 5.73 Å². The molecule has 22 heavy (non-hydrogen) atoms. The molecule has 118 valence electrons. The van der Waals surface area contributed by atoms with Gasteiger partial charge in [0.1, 0.15) is 0 Å². The van der Waals surface area contributed by atoms with Crippen LogP contribution in [0.3, 0.4) is 0 Å². The van der Waals surface area contributed by atoms with Gasteiger partial charge in [-0.3, -0.25) is 9.48 Å². The number of rotatable bonds is 5. The van der Waals surface area contributed by atoms with Crippen molar-refractivity contribution >= 4 is 17.2 Å². The number of aromatic nitrogens is 3. The van der Waals surface area contributed by atoms with Crippen LogP contribution < -0.4 is 5.73 Å². The van der Waals surface area contributed by atoms with Crippen molar-refractivity contribution in [1.29, 1.82) is 0 Å². The van der Waals surface area contributed by atoms with Crippen LogP contribution in [0.25, 0.3) is 0 Å². The molecule has 1 fully saturated rings. The quantitative estimate of drug-likeness (QED) is 0.900. The minimum absolute atomic E-state index is 0.243. The molecule has 1 aliphatic rings. The number of thiophene rings is 1. The van der Waals surface area contributed by atoms with E-state index in [2.05, 4.69) is 10.3 Å². The molecule has 2 aromatic heterocycles. The molecule has 0 aliphatic carbocycles. The first kappa shape index (κ1) is 15.2. The lowest BCUT2D eigenvalue weighted by Crippen LogP contribution is -2.40. The molecule has 0 atom stereocenters. The van der Waals surface area contributed by atoms with Gasteiger partial charge in [-0.15, -0.1) is 16.4 Å². The molecule has 0 radical (unpaired) electrons. The van der Waals surface area contributed by atoms with E-state index in [0.717, 1.165) is 43.0 Å². The lowest BCUT2D eigenvalue weighted by Gasteiger charge is -2.31. The van der Waals surface area contributed by atoms with E-state index < -0.39 is 0 Å². The molecule has 0 aromatic carbocycles. The Labute approximate surface area is 133 Å². The Bertz CT molecular complexity index is 601. The Morgan fingerprint density at radius 1 is 1.41 bits per heavy atom. The first-order chi connectivity index (χ1) is 10.7. The van der Waals surface area contributed by atoms with Crippen molar-refractivity contribution in [3.05, 3.63) is 34.3 Å². The fraction of sp³-hybridized carbons (Fsp3) is 0.533. The van der Waals surface area contributed by atoms with E-state index in [1.165, 1.54) is 0 Å². The van der Waals surface area contributed by atoms with Gasteiger partial charge in [-0.25, -0.2) is 0 Å². The highest BCUT2D eigenvalue weighted by atomic mass is 32.1. The van der Waals surface area contributed by atoms with Crippen LogP contribution in [-0.2, 0) is 24.3 Å². The van der Waals surface area contributed by atoms with Gasteiger partial charge >= 0.3 is 0 Å². The SMILES string of the molecule is NCc1cn(CC2CCN(C(=O)Cc3cccs3)CC2)nn1. The molecule has 3 rings (SSSR count). The number of hydrogen-bond donors (Lipinski definition) is 1. The van der Waals surface area contributed by atoms with E-state index in [1.807, 2.05) is 33.3 Å². The van der Waals surface area contributed by atoms with Crippen LogP contribution in [0.4, 0.5) is 0 Å². The van der Waals surface area contributed by atoms with Gasteiger partial charge in [0.05, 0.1) is 12.1 Å². The zero-order valence-electron chi connectivity index (χ0n) is 12.5. The standard InChI is InChI=1S/C15H21N5OS/c16-9-13-11-20(18-17-13)10-12-3-5-19(6-4-12)15(21)8-14-2-1-7-22-14/h1-2,7,11-12H,3-6,8-10,16H2. The third-order valence-electron chi connectivity index (χ3n) is 4.11. The van der Waals surface area contributed by atoms with E-state index >= 15 is 0 Å². The summed E-state index contributed by atoms with van der Waals surface area (Å²) in [6, 6.07) is 4.02. The van der Waals surface area contributed by atoms with Gasteiger partial charge in [0.15, 0.2) is 0 Å². The molecular formula is C15H21N5OS. The molecule has 2 N–H and O–H groups in total. The number of nitrogens with zero attached hydrogens (tertiary/aromatic N) is 4. The van der Waals surface area contributed by atoms with Crippen LogP contribution in [0.5, 0.6) is 0 Å². The van der Waals surface area contributed by atoms with Crippen LogP contribution in [0.2, 0.25) is 0 Å². The van der Waals surface area contributed by atoms with Crippen LogP contribution in [0, 0.1) is 5.92 Å². The highest BCUT2D eigenvalue weighted by molar-refractivity contribution is 7.10. The van der Waals surface area contributed by atoms with Crippen molar-refractivity contribution in [2.45, 2.75) is 32.4 Å². The topological polar surface area (TPSA) is 77.0 Å². The van der Waals surface area contributed by atoms with Gasteiger partial charge in [0.2, 0.25) is 5.91 Å². The second kappa shape index (κ2) is 7.02. The summed E-state index contributed by atoms with van der Waals surface area (Å²) in [5.74, 6) is 0.796. The van der Waals surface area contributed by atoms with Crippen molar-refractivity contribution in [1.82, 2.24) is 19.9 Å². The number of carbonyl (C=O) groups is 1. The first-order valence-electron chi connectivity index (χ1n) is 7.64. The van der Waals surface area contributed by atoms with Crippen LogP contribution in [-0.4, -0.2) is 38.9 Å². The summed E-state index contributed by atoms with van der Waals surface area (Å²) in [6.07, 6.45) is 4.49. The zero-order valence-corrected chi connectivity index (χ0v) is 13.3. The molecule has 0 unspecified atom stereocenters. The molecule has 0 spiro atoms. The van der Waals surface area contributed by atoms with Crippen molar-refractivity contribution in [2.24, 2.45) is 11.7 Å². The van der Waals surface area contributed by atoms with Crippen molar-refractivity contribution < 1.29 is 4.79 Å². The molecule has 3 heterocycles. The monoisotopic (exact) mass is 319 g/mol. The molecule has 6 nitrogen and oxygen atoms in total. The maximum absolute atomic E-state index is 12.3. The van der Waals surface area contributed by atoms with Crippen LogP contribution in [0.1, 0.15) is 23.4 Å². The number of piperidine rings is 1. The third kappa shape index (κ3) is 3.72. The number of nitrogens with two attached hydrogens (primary N) is 1. The molecular weight excluding hydrogens is 298 g/mol. The summed E-state index contributed by atoms with van der Waals surface area (Å²) < 4.78 is 1.87. The second-order valence-electron chi connectivity index (χ2n) is 5.72. The van der Waals surface area contributed by atoms with Gasteiger partial charge in [-0.1, -0.05) is 11.3 Å². The van der Waals surface area contributed by atoms with Gasteiger partial charge in [-0.2, -0.15) is 0 Å². The number of likely N-dealkylation sites (tertiary alicyclic amines) is 1. The highest BCUT2D eigenvalue weighted by Gasteiger charge is 2.23. The van der Waals surface area contributed by atoms with Crippen molar-refractivity contribution in [2.75, 3.05) is 13.1 Å². The predicted octanol–water partition coefficient (Wildman–Crippen LogP) is 1.28. The molecule has 1 aliphatic heterocycles. The predicted molar refractivity (Wildman–Crippen MR) is 85.2 cm³/mol. The highest BCUT2D eigenvalue weighted by Crippen LogP contribution is 2.20. The number of hydrogen-bond acceptors (Lipinski definition) is 5. The van der Waals surface area contributed by atoms with Gasteiger partial charge in [-0.05, 0) is 30.2 Å². The first-order valence-corrected chi connectivity index (χ1v) is 8.52. The van der Waals surface area contributed by atoms with E-state index in [0.29, 0.717) is 18.9 Å². The Balaban J connectivity index is 1.46. The van der Waals surface area contributed by atoms with Gasteiger partial charge < -0.3 is 10.6 Å². The largest absolute Gasteiger partial charge is 0.342 e. The fourth-order valence-electron chi connectivity index (χ4n) is 2.82. The molecule has 2 aromatic rings. The summed E-state index contributed by atoms with van der Waals surface area (Å²) in [5.41, 5.74) is 6.37. The summed E-state index contributed by atoms with van der Waals surface area (Å²) in [4.78, 5) is 15.4. The van der Waals surface area contributed by atoms with Gasteiger partial charge in [0, 0.05) is 37.3 Å². The minimum Gasteiger partial charge on any atom is -0.342 e. The van der Waals surface area contributed by atoms with E-state index in [1.54, 1.807) is 11.3 Å². The fourth-order valence-corrected chi connectivity index (χ4v) is 3.52. The molecule has 1 saturated heterocycles. The normalized spacial score (nSPS) is 16.1. The molecule has 1 amide bonds. The smallest absolute Gasteiger partial charge is 0.227 e. The summed E-state index contributed by atoms with van der Waals surface area (Å²) in [6.45, 7) is 2.97. The summed E-state index contributed by atoms with van der Waals surface area (Å²) in [7, 11) is 0. The maximum atomic E-state index is 12.3. The average Bonchev–Trinajstić information content (AvgIpc) is 3.19. The Morgan fingerprint density at radius 3 is 2.86 bits per heavy atom. The van der Waals surface area contributed by atoms with Crippen molar-refractivity contribution in [3.8, 4) is 0 Å². The third-order valence-corrected chi connectivity index (χ3v) is 4.99. The summed E-state index contributed by atoms with van der Waals surface area (Å²) >= 11 is 1.65. The molecule has 7 heteroatoms. The number of carbonyl (C=O) groups excluding carboxylic acids is 1. The zero-order chi connectivity index (χ0) is 15.4.